The Morgan fingerprint density at radius 3 is 2.81 bits per heavy atom. The number of aliphatic hydroxyl groups excluding tert-OH is 1. The average Bonchev–Trinajstić information content (AvgIpc) is 2.66. The lowest BCUT2D eigenvalue weighted by Gasteiger charge is -2.31. The van der Waals surface area contributed by atoms with Crippen LogP contribution in [-0.4, -0.2) is 41.3 Å². The van der Waals surface area contributed by atoms with E-state index in [2.05, 4.69) is 18.7 Å². The lowest BCUT2D eigenvalue weighted by atomic mass is 9.95. The molecule has 0 aromatic carbocycles. The summed E-state index contributed by atoms with van der Waals surface area (Å²) in [5.74, 6) is 0.880. The fraction of sp³-hybridized carbons (Fsp3) is 1.00. The van der Waals surface area contributed by atoms with Gasteiger partial charge in [0.2, 0.25) is 0 Å². The molecule has 0 spiro atoms. The number of hydrogen-bond donors (Lipinski definition) is 2. The number of likely N-dealkylation sites (tertiary alicyclic amines) is 1. The summed E-state index contributed by atoms with van der Waals surface area (Å²) in [5.41, 5.74) is 5.57. The molecule has 3 atom stereocenters. The van der Waals surface area contributed by atoms with E-state index in [-0.39, 0.29) is 6.61 Å². The molecule has 1 heterocycles. The first kappa shape index (κ1) is 13.9. The quantitative estimate of drug-likeness (QED) is 0.726. The van der Waals surface area contributed by atoms with Crippen LogP contribution in [0.4, 0.5) is 0 Å². The van der Waals surface area contributed by atoms with Crippen molar-refractivity contribution in [3.63, 3.8) is 0 Å². The standard InChI is InChI=1S/C13H28N2O/c1-4-5-12-6-7-15(9-12)11(2)8-13(3,14)10-16/h11-12,16H,4-10,14H2,1-3H3. The van der Waals surface area contributed by atoms with E-state index in [0.717, 1.165) is 12.3 Å². The summed E-state index contributed by atoms with van der Waals surface area (Å²) in [7, 11) is 0. The highest BCUT2D eigenvalue weighted by atomic mass is 16.3. The van der Waals surface area contributed by atoms with Gasteiger partial charge in [-0.05, 0) is 45.6 Å². The van der Waals surface area contributed by atoms with Gasteiger partial charge in [0.25, 0.3) is 0 Å². The molecule has 3 unspecified atom stereocenters. The topological polar surface area (TPSA) is 49.5 Å². The third kappa shape index (κ3) is 4.04. The zero-order valence-electron chi connectivity index (χ0n) is 11.1. The van der Waals surface area contributed by atoms with E-state index in [1.807, 2.05) is 6.92 Å². The second-order valence-electron chi connectivity index (χ2n) is 5.80. The van der Waals surface area contributed by atoms with Crippen LogP contribution in [0, 0.1) is 5.92 Å². The minimum absolute atomic E-state index is 0.0730. The highest BCUT2D eigenvalue weighted by Crippen LogP contribution is 2.25. The number of nitrogens with zero attached hydrogens (tertiary/aromatic N) is 1. The lowest BCUT2D eigenvalue weighted by Crippen LogP contribution is -2.46. The van der Waals surface area contributed by atoms with Gasteiger partial charge in [-0.1, -0.05) is 13.3 Å². The van der Waals surface area contributed by atoms with Gasteiger partial charge in [-0.3, -0.25) is 0 Å². The number of hydrogen-bond acceptors (Lipinski definition) is 3. The van der Waals surface area contributed by atoms with E-state index in [4.69, 9.17) is 5.73 Å². The largest absolute Gasteiger partial charge is 0.394 e. The molecule has 0 aromatic rings. The second kappa shape index (κ2) is 5.99. The maximum absolute atomic E-state index is 9.18. The zero-order valence-corrected chi connectivity index (χ0v) is 11.1. The maximum atomic E-state index is 9.18. The fourth-order valence-corrected chi connectivity index (χ4v) is 2.78. The van der Waals surface area contributed by atoms with Crippen LogP contribution in [0.5, 0.6) is 0 Å². The number of aliphatic hydroxyl groups is 1. The van der Waals surface area contributed by atoms with Crippen LogP contribution in [0.15, 0.2) is 0 Å². The van der Waals surface area contributed by atoms with Crippen molar-refractivity contribution in [1.82, 2.24) is 4.90 Å². The summed E-state index contributed by atoms with van der Waals surface area (Å²) in [6.07, 6.45) is 4.85. The Morgan fingerprint density at radius 1 is 1.56 bits per heavy atom. The van der Waals surface area contributed by atoms with Gasteiger partial charge in [0.05, 0.1) is 6.61 Å². The van der Waals surface area contributed by atoms with E-state index >= 15 is 0 Å². The summed E-state index contributed by atoms with van der Waals surface area (Å²) in [4.78, 5) is 2.53. The summed E-state index contributed by atoms with van der Waals surface area (Å²) >= 11 is 0. The van der Waals surface area contributed by atoms with Crippen molar-refractivity contribution in [2.24, 2.45) is 11.7 Å². The highest BCUT2D eigenvalue weighted by Gasteiger charge is 2.29. The van der Waals surface area contributed by atoms with Crippen LogP contribution in [0.1, 0.15) is 46.5 Å². The highest BCUT2D eigenvalue weighted by molar-refractivity contribution is 4.86. The van der Waals surface area contributed by atoms with E-state index in [1.54, 1.807) is 0 Å². The van der Waals surface area contributed by atoms with Crippen LogP contribution in [-0.2, 0) is 0 Å². The second-order valence-corrected chi connectivity index (χ2v) is 5.80. The molecule has 3 nitrogen and oxygen atoms in total. The van der Waals surface area contributed by atoms with Crippen LogP contribution in [0.25, 0.3) is 0 Å². The molecule has 1 fully saturated rings. The Labute approximate surface area is 100 Å². The van der Waals surface area contributed by atoms with Crippen molar-refractivity contribution in [2.45, 2.75) is 58.0 Å². The average molecular weight is 228 g/mol. The Bertz CT molecular complexity index is 206. The Balaban J connectivity index is 2.36. The summed E-state index contributed by atoms with van der Waals surface area (Å²) < 4.78 is 0. The zero-order chi connectivity index (χ0) is 12.2. The van der Waals surface area contributed by atoms with Gasteiger partial charge in [0.1, 0.15) is 0 Å². The Hall–Kier alpha value is -0.120. The first-order chi connectivity index (χ1) is 7.48. The van der Waals surface area contributed by atoms with Crippen molar-refractivity contribution < 1.29 is 5.11 Å². The van der Waals surface area contributed by atoms with E-state index in [0.29, 0.717) is 6.04 Å². The molecule has 0 bridgehead atoms. The van der Waals surface area contributed by atoms with Crippen LogP contribution >= 0.6 is 0 Å². The molecule has 96 valence electrons. The third-order valence-corrected chi connectivity index (χ3v) is 3.76. The minimum atomic E-state index is -0.428. The van der Waals surface area contributed by atoms with E-state index in [1.165, 1.54) is 32.4 Å². The van der Waals surface area contributed by atoms with E-state index in [9.17, 15) is 5.11 Å². The van der Waals surface area contributed by atoms with Crippen molar-refractivity contribution >= 4 is 0 Å². The van der Waals surface area contributed by atoms with Gasteiger partial charge in [-0.25, -0.2) is 0 Å². The van der Waals surface area contributed by atoms with Gasteiger partial charge in [-0.2, -0.15) is 0 Å². The first-order valence-electron chi connectivity index (χ1n) is 6.62. The molecule has 3 N–H and O–H groups in total. The Morgan fingerprint density at radius 2 is 2.25 bits per heavy atom. The third-order valence-electron chi connectivity index (χ3n) is 3.76. The predicted molar refractivity (Wildman–Crippen MR) is 68.3 cm³/mol. The minimum Gasteiger partial charge on any atom is -0.394 e. The molecule has 0 saturated carbocycles. The van der Waals surface area contributed by atoms with Crippen molar-refractivity contribution in [2.75, 3.05) is 19.7 Å². The fourth-order valence-electron chi connectivity index (χ4n) is 2.78. The normalized spacial score (nSPS) is 27.9. The lowest BCUT2D eigenvalue weighted by molar-refractivity contribution is 0.150. The van der Waals surface area contributed by atoms with Gasteiger partial charge in [-0.15, -0.1) is 0 Å². The molecular weight excluding hydrogens is 200 g/mol. The molecular formula is C13H28N2O. The van der Waals surface area contributed by atoms with E-state index < -0.39 is 5.54 Å². The molecule has 0 radical (unpaired) electrons. The van der Waals surface area contributed by atoms with Gasteiger partial charge in [0.15, 0.2) is 0 Å². The smallest absolute Gasteiger partial charge is 0.0609 e. The van der Waals surface area contributed by atoms with Gasteiger partial charge in [0, 0.05) is 18.1 Å². The van der Waals surface area contributed by atoms with Crippen molar-refractivity contribution in [1.29, 1.82) is 0 Å². The van der Waals surface area contributed by atoms with Crippen LogP contribution < -0.4 is 5.73 Å². The molecule has 1 aliphatic heterocycles. The molecule has 3 heteroatoms. The molecule has 1 saturated heterocycles. The Kier molecular flexibility index (Phi) is 5.22. The van der Waals surface area contributed by atoms with Crippen LogP contribution in [0.2, 0.25) is 0 Å². The first-order valence-corrected chi connectivity index (χ1v) is 6.62. The monoisotopic (exact) mass is 228 g/mol. The SMILES string of the molecule is CCCC1CCN(C(C)CC(C)(N)CO)C1. The maximum Gasteiger partial charge on any atom is 0.0609 e. The molecule has 0 aliphatic carbocycles. The molecule has 0 aromatic heterocycles. The molecule has 16 heavy (non-hydrogen) atoms. The predicted octanol–water partition coefficient (Wildman–Crippen LogP) is 1.60. The molecule has 1 rings (SSSR count). The van der Waals surface area contributed by atoms with Crippen LogP contribution in [0.3, 0.4) is 0 Å². The summed E-state index contributed by atoms with van der Waals surface area (Å²) in [6.45, 7) is 8.92. The van der Waals surface area contributed by atoms with Gasteiger partial charge >= 0.3 is 0 Å². The van der Waals surface area contributed by atoms with Gasteiger partial charge < -0.3 is 15.7 Å². The van der Waals surface area contributed by atoms with Crippen molar-refractivity contribution in [3.8, 4) is 0 Å². The molecule has 1 aliphatic rings. The molecule has 0 amide bonds. The summed E-state index contributed by atoms with van der Waals surface area (Å²) in [5, 5.41) is 9.18. The number of rotatable bonds is 6. The summed E-state index contributed by atoms with van der Waals surface area (Å²) in [6, 6.07) is 0.490. The van der Waals surface area contributed by atoms with Crippen molar-refractivity contribution in [3.05, 3.63) is 0 Å². The number of nitrogens with two attached hydrogens (primary N) is 1.